The number of fused-ring (bicyclic) bond motifs is 1. The molecule has 1 amide bonds. The summed E-state index contributed by atoms with van der Waals surface area (Å²) in [6, 6.07) is 14.1. The first-order valence-corrected chi connectivity index (χ1v) is 5.50. The van der Waals surface area contributed by atoms with Crippen molar-refractivity contribution in [1.82, 2.24) is 0 Å². The van der Waals surface area contributed by atoms with Gasteiger partial charge in [0.1, 0.15) is 0 Å². The second-order valence-electron chi connectivity index (χ2n) is 3.74. The van der Waals surface area contributed by atoms with Crippen LogP contribution in [-0.4, -0.2) is 13.0 Å². The van der Waals surface area contributed by atoms with E-state index >= 15 is 0 Å². The lowest BCUT2D eigenvalue weighted by molar-refractivity contribution is 0.551. The smallest absolute Gasteiger partial charge is 0.304 e. The van der Waals surface area contributed by atoms with Crippen LogP contribution in [0, 0.1) is 0 Å². The molecule has 2 aromatic carbocycles. The van der Waals surface area contributed by atoms with Crippen LogP contribution in [0.2, 0.25) is 0 Å². The monoisotopic (exact) mass is 212 g/mol. The second-order valence-corrected chi connectivity index (χ2v) is 3.74. The minimum absolute atomic E-state index is 0.706. The van der Waals surface area contributed by atoms with E-state index in [-0.39, 0.29) is 0 Å². The van der Waals surface area contributed by atoms with Gasteiger partial charge in [-0.3, -0.25) is 4.79 Å². The minimum atomic E-state index is 0.706. The molecule has 2 nitrogen and oxygen atoms in total. The van der Waals surface area contributed by atoms with Crippen molar-refractivity contribution in [3.8, 4) is 0 Å². The van der Waals surface area contributed by atoms with Gasteiger partial charge in [0, 0.05) is 11.9 Å². The van der Waals surface area contributed by atoms with E-state index in [4.69, 9.17) is 0 Å². The molecule has 0 aliphatic rings. The van der Waals surface area contributed by atoms with Crippen molar-refractivity contribution in [2.75, 3.05) is 11.4 Å². The highest BCUT2D eigenvalue weighted by Gasteiger charge is 2.08. The molecule has 0 fully saturated rings. The van der Waals surface area contributed by atoms with Gasteiger partial charge >= 0.3 is 6.41 Å². The van der Waals surface area contributed by atoms with E-state index < -0.39 is 0 Å². The molecule has 0 heterocycles. The Kier molecular flexibility index (Phi) is 3.20. The van der Waals surface area contributed by atoms with E-state index in [0.717, 1.165) is 22.9 Å². The summed E-state index contributed by atoms with van der Waals surface area (Å²) < 4.78 is 0. The molecule has 1 radical (unpaired) electrons. The van der Waals surface area contributed by atoms with Gasteiger partial charge in [0.05, 0.1) is 5.69 Å². The van der Waals surface area contributed by atoms with Crippen molar-refractivity contribution in [2.24, 2.45) is 0 Å². The highest BCUT2D eigenvalue weighted by molar-refractivity contribution is 5.98. The van der Waals surface area contributed by atoms with Crippen molar-refractivity contribution in [1.29, 1.82) is 0 Å². The quantitative estimate of drug-likeness (QED) is 0.713. The van der Waals surface area contributed by atoms with Gasteiger partial charge in [-0.1, -0.05) is 43.3 Å². The molecule has 16 heavy (non-hydrogen) atoms. The van der Waals surface area contributed by atoms with Crippen LogP contribution in [0.4, 0.5) is 5.69 Å². The predicted molar refractivity (Wildman–Crippen MR) is 67.3 cm³/mol. The van der Waals surface area contributed by atoms with E-state index in [1.165, 1.54) is 0 Å². The van der Waals surface area contributed by atoms with E-state index in [1.807, 2.05) is 48.9 Å². The summed E-state index contributed by atoms with van der Waals surface area (Å²) in [5, 5.41) is 2.25. The van der Waals surface area contributed by atoms with E-state index in [0.29, 0.717) is 6.54 Å². The molecule has 0 saturated heterocycles. The second kappa shape index (κ2) is 4.79. The van der Waals surface area contributed by atoms with Crippen molar-refractivity contribution in [3.63, 3.8) is 0 Å². The zero-order valence-corrected chi connectivity index (χ0v) is 9.31. The number of rotatable bonds is 4. The first-order valence-electron chi connectivity index (χ1n) is 5.50. The van der Waals surface area contributed by atoms with Crippen LogP contribution in [0.25, 0.3) is 10.8 Å². The van der Waals surface area contributed by atoms with Gasteiger partial charge in [-0.2, -0.15) is 0 Å². The van der Waals surface area contributed by atoms with Gasteiger partial charge in [-0.25, -0.2) is 0 Å². The molecule has 2 aromatic rings. The van der Waals surface area contributed by atoms with Gasteiger partial charge in [0.2, 0.25) is 0 Å². The number of anilines is 1. The van der Waals surface area contributed by atoms with Gasteiger partial charge < -0.3 is 4.90 Å². The van der Waals surface area contributed by atoms with Crippen LogP contribution < -0.4 is 4.90 Å². The summed E-state index contributed by atoms with van der Waals surface area (Å²) in [5.74, 6) is 0. The Hall–Kier alpha value is -1.83. The topological polar surface area (TPSA) is 20.3 Å². The van der Waals surface area contributed by atoms with Crippen molar-refractivity contribution >= 4 is 22.9 Å². The first-order chi connectivity index (χ1) is 7.86. The normalized spacial score (nSPS) is 10.3. The molecule has 2 heteroatoms. The van der Waals surface area contributed by atoms with E-state index in [1.54, 1.807) is 4.90 Å². The Morgan fingerprint density at radius 3 is 2.62 bits per heavy atom. The fourth-order valence-electron chi connectivity index (χ4n) is 1.88. The standard InChI is InChI=1S/C14H14NO/c1-2-10-15(11-16)14-9-5-7-12-6-3-4-8-13(12)14/h3-9H,2,10H2,1H3. The van der Waals surface area contributed by atoms with Gasteiger partial charge in [-0.15, -0.1) is 0 Å². The molecular weight excluding hydrogens is 198 g/mol. The molecular formula is C14H14NO. The molecule has 81 valence electrons. The van der Waals surface area contributed by atoms with Crippen molar-refractivity contribution in [3.05, 3.63) is 42.5 Å². The molecule has 0 atom stereocenters. The maximum atomic E-state index is 10.9. The summed E-state index contributed by atoms with van der Waals surface area (Å²) >= 11 is 0. The Bertz CT molecular complexity index is 488. The first kappa shape index (κ1) is 10.7. The molecule has 0 bridgehead atoms. The predicted octanol–water partition coefficient (Wildman–Crippen LogP) is 3.12. The Morgan fingerprint density at radius 1 is 1.12 bits per heavy atom. The molecule has 0 spiro atoms. The fraction of sp³-hybridized carbons (Fsp3) is 0.214. The SMILES string of the molecule is CCCN([C]=O)c1cccc2ccccc12. The van der Waals surface area contributed by atoms with Crippen LogP contribution in [0.5, 0.6) is 0 Å². The fourth-order valence-corrected chi connectivity index (χ4v) is 1.88. The number of hydrogen-bond donors (Lipinski definition) is 0. The molecule has 0 aromatic heterocycles. The third kappa shape index (κ3) is 1.91. The average Bonchev–Trinajstić information content (AvgIpc) is 2.35. The van der Waals surface area contributed by atoms with Crippen LogP contribution >= 0.6 is 0 Å². The lowest BCUT2D eigenvalue weighted by atomic mass is 10.1. The summed E-state index contributed by atoms with van der Waals surface area (Å²) in [6.45, 7) is 2.76. The largest absolute Gasteiger partial charge is 0.316 e. The minimum Gasteiger partial charge on any atom is -0.304 e. The van der Waals surface area contributed by atoms with Crippen LogP contribution in [0.15, 0.2) is 42.5 Å². The summed E-state index contributed by atoms with van der Waals surface area (Å²) in [6.07, 6.45) is 2.92. The van der Waals surface area contributed by atoms with Crippen LogP contribution in [-0.2, 0) is 4.79 Å². The molecule has 0 unspecified atom stereocenters. The number of hydrogen-bond acceptors (Lipinski definition) is 1. The molecule has 0 saturated carbocycles. The molecule has 0 aliphatic carbocycles. The van der Waals surface area contributed by atoms with Gasteiger partial charge in [0.25, 0.3) is 0 Å². The summed E-state index contributed by atoms with van der Waals surface area (Å²) in [4.78, 5) is 12.6. The Balaban J connectivity index is 2.54. The Morgan fingerprint density at radius 2 is 1.88 bits per heavy atom. The number of amides is 1. The maximum Gasteiger partial charge on any atom is 0.316 e. The molecule has 0 N–H and O–H groups in total. The van der Waals surface area contributed by atoms with Crippen molar-refractivity contribution < 1.29 is 4.79 Å². The zero-order valence-electron chi connectivity index (χ0n) is 9.31. The summed E-state index contributed by atoms with van der Waals surface area (Å²) in [5.41, 5.74) is 0.940. The summed E-state index contributed by atoms with van der Waals surface area (Å²) in [7, 11) is 0. The maximum absolute atomic E-state index is 10.9. The number of nitrogens with zero attached hydrogens (tertiary/aromatic N) is 1. The molecule has 2 rings (SSSR count). The zero-order chi connectivity index (χ0) is 11.4. The van der Waals surface area contributed by atoms with Crippen molar-refractivity contribution in [2.45, 2.75) is 13.3 Å². The van der Waals surface area contributed by atoms with Gasteiger partial charge in [-0.05, 0) is 17.9 Å². The van der Waals surface area contributed by atoms with Gasteiger partial charge in [0.15, 0.2) is 0 Å². The van der Waals surface area contributed by atoms with E-state index in [2.05, 4.69) is 6.92 Å². The number of carbonyl (C=O) groups excluding carboxylic acids is 1. The lowest BCUT2D eigenvalue weighted by Gasteiger charge is -2.17. The third-order valence-corrected chi connectivity index (χ3v) is 2.61. The average molecular weight is 212 g/mol. The van der Waals surface area contributed by atoms with Crippen LogP contribution in [0.1, 0.15) is 13.3 Å². The Labute approximate surface area is 95.5 Å². The molecule has 0 aliphatic heterocycles. The number of benzene rings is 2. The highest BCUT2D eigenvalue weighted by Crippen LogP contribution is 2.25. The van der Waals surface area contributed by atoms with Crippen LogP contribution in [0.3, 0.4) is 0 Å². The lowest BCUT2D eigenvalue weighted by Crippen LogP contribution is -2.21. The third-order valence-electron chi connectivity index (χ3n) is 2.61. The highest BCUT2D eigenvalue weighted by atomic mass is 16.1. The van der Waals surface area contributed by atoms with E-state index in [9.17, 15) is 4.79 Å².